The minimum atomic E-state index is -4.51. The number of nitrogens with one attached hydrogen (secondary N) is 1. The van der Waals surface area contributed by atoms with Crippen LogP contribution in [0.3, 0.4) is 0 Å². The number of amides is 1. The molecule has 0 fully saturated rings. The van der Waals surface area contributed by atoms with Crippen molar-refractivity contribution in [2.45, 2.75) is 12.2 Å². The van der Waals surface area contributed by atoms with Gasteiger partial charge in [0.25, 0.3) is 5.91 Å². The smallest absolute Gasteiger partial charge is 0.339 e. The SMILES string of the molecule is Cn1cnc2cc(C(=O)N[C@@H](c3ccc(C(F)(F)F)cc3)c3ncccc3F)ccc21. The summed E-state index contributed by atoms with van der Waals surface area (Å²) in [5.74, 6) is -1.23. The van der Waals surface area contributed by atoms with Crippen molar-refractivity contribution in [1.29, 1.82) is 0 Å². The lowest BCUT2D eigenvalue weighted by atomic mass is 10.00. The van der Waals surface area contributed by atoms with Crippen LogP contribution >= 0.6 is 0 Å². The molecule has 0 aliphatic rings. The van der Waals surface area contributed by atoms with E-state index in [9.17, 15) is 22.4 Å². The van der Waals surface area contributed by atoms with Crippen molar-refractivity contribution >= 4 is 16.9 Å². The first-order valence-electron chi connectivity index (χ1n) is 9.23. The molecule has 2 aromatic carbocycles. The fraction of sp³-hybridized carbons (Fsp3) is 0.136. The van der Waals surface area contributed by atoms with Crippen LogP contribution in [0.2, 0.25) is 0 Å². The summed E-state index contributed by atoms with van der Waals surface area (Å²) in [6, 6.07) is 10.5. The second-order valence-corrected chi connectivity index (χ2v) is 6.96. The van der Waals surface area contributed by atoms with Crippen LogP contribution in [0.25, 0.3) is 11.0 Å². The molecule has 0 bridgehead atoms. The lowest BCUT2D eigenvalue weighted by Gasteiger charge is -2.20. The predicted octanol–water partition coefficient (Wildman–Crippen LogP) is 4.65. The molecule has 2 aromatic heterocycles. The first-order chi connectivity index (χ1) is 14.7. The first kappa shape index (κ1) is 20.5. The Bertz CT molecular complexity index is 1250. The molecule has 5 nitrogen and oxygen atoms in total. The summed E-state index contributed by atoms with van der Waals surface area (Å²) in [5.41, 5.74) is 1.02. The van der Waals surface area contributed by atoms with Crippen LogP contribution in [-0.2, 0) is 13.2 Å². The highest BCUT2D eigenvalue weighted by molar-refractivity contribution is 5.97. The second-order valence-electron chi connectivity index (χ2n) is 6.96. The highest BCUT2D eigenvalue weighted by Gasteiger charge is 2.31. The number of aryl methyl sites for hydroxylation is 1. The third kappa shape index (κ3) is 4.11. The van der Waals surface area contributed by atoms with E-state index in [1.807, 2.05) is 7.05 Å². The van der Waals surface area contributed by atoms with E-state index in [0.717, 1.165) is 17.6 Å². The van der Waals surface area contributed by atoms with Gasteiger partial charge in [-0.25, -0.2) is 9.37 Å². The van der Waals surface area contributed by atoms with E-state index in [1.54, 1.807) is 29.1 Å². The summed E-state index contributed by atoms with van der Waals surface area (Å²) in [6.07, 6.45) is -1.55. The lowest BCUT2D eigenvalue weighted by molar-refractivity contribution is -0.137. The van der Waals surface area contributed by atoms with Gasteiger partial charge in [-0.2, -0.15) is 13.2 Å². The highest BCUT2D eigenvalue weighted by Crippen LogP contribution is 2.31. The van der Waals surface area contributed by atoms with Crippen molar-refractivity contribution in [2.24, 2.45) is 7.05 Å². The molecule has 0 aliphatic carbocycles. The average molecular weight is 428 g/mol. The second kappa shape index (κ2) is 7.82. The Labute approximate surface area is 174 Å². The molecule has 0 spiro atoms. The fourth-order valence-electron chi connectivity index (χ4n) is 3.28. The molecule has 0 saturated carbocycles. The zero-order chi connectivity index (χ0) is 22.2. The summed E-state index contributed by atoms with van der Waals surface area (Å²) in [7, 11) is 1.82. The maximum absolute atomic E-state index is 14.5. The molecule has 0 aliphatic heterocycles. The van der Waals surface area contributed by atoms with Gasteiger partial charge < -0.3 is 9.88 Å². The number of aromatic nitrogens is 3. The van der Waals surface area contributed by atoms with Gasteiger partial charge in [-0.1, -0.05) is 12.1 Å². The zero-order valence-corrected chi connectivity index (χ0v) is 16.2. The maximum Gasteiger partial charge on any atom is 0.416 e. The number of hydrogen-bond acceptors (Lipinski definition) is 3. The lowest BCUT2D eigenvalue weighted by Crippen LogP contribution is -2.30. The largest absolute Gasteiger partial charge is 0.416 e. The van der Waals surface area contributed by atoms with Gasteiger partial charge in [0.05, 0.1) is 29.0 Å². The molecule has 9 heteroatoms. The monoisotopic (exact) mass is 428 g/mol. The highest BCUT2D eigenvalue weighted by atomic mass is 19.4. The molecule has 0 saturated heterocycles. The quantitative estimate of drug-likeness (QED) is 0.482. The van der Waals surface area contributed by atoms with Crippen molar-refractivity contribution < 1.29 is 22.4 Å². The van der Waals surface area contributed by atoms with Gasteiger partial charge in [-0.05, 0) is 48.0 Å². The predicted molar refractivity (Wildman–Crippen MR) is 106 cm³/mol. The number of hydrogen-bond donors (Lipinski definition) is 1. The van der Waals surface area contributed by atoms with E-state index in [0.29, 0.717) is 5.52 Å². The third-order valence-electron chi connectivity index (χ3n) is 4.89. The first-order valence-corrected chi connectivity index (χ1v) is 9.23. The van der Waals surface area contributed by atoms with E-state index in [2.05, 4.69) is 15.3 Å². The summed E-state index contributed by atoms with van der Waals surface area (Å²) < 4.78 is 55.0. The Morgan fingerprint density at radius 1 is 1.06 bits per heavy atom. The van der Waals surface area contributed by atoms with Crippen molar-refractivity contribution in [2.75, 3.05) is 0 Å². The molecular weight excluding hydrogens is 412 g/mol. The number of benzene rings is 2. The number of pyridine rings is 1. The standard InChI is InChI=1S/C22H16F4N4O/c1-30-12-28-17-11-14(6-9-18(17)30)21(31)29-19(20-16(23)3-2-10-27-20)13-4-7-15(8-5-13)22(24,25)26/h2-12,19H,1H3,(H,29,31)/t19-/m0/s1. The van der Waals surface area contributed by atoms with Gasteiger partial charge in [-0.15, -0.1) is 0 Å². The van der Waals surface area contributed by atoms with Gasteiger partial charge in [0.1, 0.15) is 11.5 Å². The topological polar surface area (TPSA) is 59.8 Å². The Balaban J connectivity index is 1.70. The van der Waals surface area contributed by atoms with Crippen LogP contribution in [0.1, 0.15) is 33.2 Å². The van der Waals surface area contributed by atoms with Crippen molar-refractivity contribution in [3.05, 3.63) is 95.3 Å². The number of rotatable bonds is 4. The fourth-order valence-corrected chi connectivity index (χ4v) is 3.28. The van der Waals surface area contributed by atoms with E-state index < -0.39 is 29.5 Å². The Morgan fingerprint density at radius 3 is 2.48 bits per heavy atom. The Morgan fingerprint density at radius 2 is 1.81 bits per heavy atom. The molecule has 0 unspecified atom stereocenters. The van der Waals surface area contributed by atoms with Gasteiger partial charge >= 0.3 is 6.18 Å². The van der Waals surface area contributed by atoms with Crippen LogP contribution in [0.5, 0.6) is 0 Å². The summed E-state index contributed by atoms with van der Waals surface area (Å²) in [4.78, 5) is 21.1. The molecule has 1 atom stereocenters. The summed E-state index contributed by atoms with van der Waals surface area (Å²) in [6.45, 7) is 0. The molecular formula is C22H16F4N4O. The van der Waals surface area contributed by atoms with Crippen LogP contribution < -0.4 is 5.32 Å². The molecule has 158 valence electrons. The molecule has 1 amide bonds. The van der Waals surface area contributed by atoms with Crippen LogP contribution in [0, 0.1) is 5.82 Å². The molecule has 0 radical (unpaired) electrons. The van der Waals surface area contributed by atoms with Crippen molar-refractivity contribution in [3.8, 4) is 0 Å². The van der Waals surface area contributed by atoms with Gasteiger partial charge in [0, 0.05) is 18.8 Å². The molecule has 2 heterocycles. The molecule has 4 rings (SSSR count). The van der Waals surface area contributed by atoms with Crippen molar-refractivity contribution in [3.63, 3.8) is 0 Å². The molecule has 1 N–H and O–H groups in total. The number of carbonyl (C=O) groups is 1. The van der Waals surface area contributed by atoms with E-state index in [-0.39, 0.29) is 16.8 Å². The Hall–Kier alpha value is -3.75. The number of halogens is 4. The number of alkyl halides is 3. The van der Waals surface area contributed by atoms with Crippen LogP contribution in [0.15, 0.2) is 67.1 Å². The number of carbonyl (C=O) groups excluding carboxylic acids is 1. The van der Waals surface area contributed by atoms with Crippen LogP contribution in [0.4, 0.5) is 17.6 Å². The third-order valence-corrected chi connectivity index (χ3v) is 4.89. The summed E-state index contributed by atoms with van der Waals surface area (Å²) in [5, 5.41) is 2.68. The van der Waals surface area contributed by atoms with Gasteiger partial charge in [0.2, 0.25) is 0 Å². The number of fused-ring (bicyclic) bond motifs is 1. The van der Waals surface area contributed by atoms with Gasteiger partial charge in [0.15, 0.2) is 0 Å². The van der Waals surface area contributed by atoms with E-state index in [1.165, 1.54) is 30.5 Å². The zero-order valence-electron chi connectivity index (χ0n) is 16.2. The summed E-state index contributed by atoms with van der Waals surface area (Å²) >= 11 is 0. The number of nitrogens with zero attached hydrogens (tertiary/aromatic N) is 3. The Kier molecular flexibility index (Phi) is 5.18. The van der Waals surface area contributed by atoms with E-state index in [4.69, 9.17) is 0 Å². The normalized spacial score (nSPS) is 12.7. The van der Waals surface area contributed by atoms with Crippen LogP contribution in [-0.4, -0.2) is 20.4 Å². The minimum absolute atomic E-state index is 0.102. The molecule has 31 heavy (non-hydrogen) atoms. The maximum atomic E-state index is 14.5. The van der Waals surface area contributed by atoms with Crippen molar-refractivity contribution in [1.82, 2.24) is 19.9 Å². The van der Waals surface area contributed by atoms with E-state index >= 15 is 0 Å². The molecule has 4 aromatic rings. The average Bonchev–Trinajstić information content (AvgIpc) is 3.12. The van der Waals surface area contributed by atoms with Gasteiger partial charge in [-0.3, -0.25) is 9.78 Å². The minimum Gasteiger partial charge on any atom is -0.339 e. The number of imidazole rings is 1.